The fourth-order valence-corrected chi connectivity index (χ4v) is 1.56. The van der Waals surface area contributed by atoms with E-state index in [0.717, 1.165) is 5.39 Å². The molecule has 0 unspecified atom stereocenters. The molecule has 4 N–H and O–H groups in total. The molecule has 2 rings (SSSR count). The van der Waals surface area contributed by atoms with Crippen LogP contribution in [0.1, 0.15) is 5.56 Å². The van der Waals surface area contributed by atoms with E-state index >= 15 is 0 Å². The summed E-state index contributed by atoms with van der Waals surface area (Å²) in [4.78, 5) is 24.7. The molecule has 16 heavy (non-hydrogen) atoms. The number of hydrogen-bond donors (Lipinski definition) is 3. The van der Waals surface area contributed by atoms with Crippen molar-refractivity contribution in [2.24, 2.45) is 0 Å². The summed E-state index contributed by atoms with van der Waals surface area (Å²) in [5.74, 6) is -1.03. The molecule has 0 aliphatic heterocycles. The van der Waals surface area contributed by atoms with Gasteiger partial charge in [-0.15, -0.1) is 0 Å². The highest BCUT2D eigenvalue weighted by atomic mass is 16.4. The molecule has 1 heterocycles. The number of H-pyrrole nitrogens is 1. The maximum Gasteiger partial charge on any atom is 0.308 e. The number of fused-ring (bicyclic) bond motifs is 1. The van der Waals surface area contributed by atoms with Crippen molar-refractivity contribution in [2.45, 2.75) is 6.42 Å². The van der Waals surface area contributed by atoms with Crippen molar-refractivity contribution in [1.82, 2.24) is 4.98 Å². The molecule has 2 aromatic rings. The lowest BCUT2D eigenvalue weighted by atomic mass is 10.1. The lowest BCUT2D eigenvalue weighted by Gasteiger charge is -2.02. The zero-order chi connectivity index (χ0) is 11.7. The smallest absolute Gasteiger partial charge is 0.308 e. The van der Waals surface area contributed by atoms with E-state index in [1.54, 1.807) is 24.3 Å². The van der Waals surface area contributed by atoms with Gasteiger partial charge in [0.15, 0.2) is 0 Å². The first-order chi connectivity index (χ1) is 7.56. The average Bonchev–Trinajstić information content (AvgIpc) is 2.19. The molecule has 1 aromatic heterocycles. The predicted octanol–water partition coefficient (Wildman–Crippen LogP) is 0.737. The molecule has 0 aliphatic rings. The summed E-state index contributed by atoms with van der Waals surface area (Å²) in [5, 5.41) is 9.37. The zero-order valence-electron chi connectivity index (χ0n) is 8.36. The van der Waals surface area contributed by atoms with Crippen LogP contribution in [0.15, 0.2) is 29.1 Å². The highest BCUT2D eigenvalue weighted by Crippen LogP contribution is 2.14. The van der Waals surface area contributed by atoms with Crippen molar-refractivity contribution in [3.05, 3.63) is 40.2 Å². The lowest BCUT2D eigenvalue weighted by molar-refractivity contribution is -0.136. The topological polar surface area (TPSA) is 96.2 Å². The first-order valence-electron chi connectivity index (χ1n) is 4.69. The van der Waals surface area contributed by atoms with Crippen LogP contribution in [-0.2, 0) is 11.2 Å². The Bertz CT molecular complexity index is 616. The molecular formula is C11H10N2O3. The third-order valence-electron chi connectivity index (χ3n) is 2.29. The van der Waals surface area contributed by atoms with Crippen molar-refractivity contribution in [1.29, 1.82) is 0 Å². The zero-order valence-corrected chi connectivity index (χ0v) is 8.36. The molecule has 5 nitrogen and oxygen atoms in total. The lowest BCUT2D eigenvalue weighted by Crippen LogP contribution is -2.15. The van der Waals surface area contributed by atoms with Gasteiger partial charge in [-0.05, 0) is 24.3 Å². The van der Waals surface area contributed by atoms with Gasteiger partial charge in [-0.1, -0.05) is 0 Å². The highest BCUT2D eigenvalue weighted by molar-refractivity contribution is 5.83. The summed E-state index contributed by atoms with van der Waals surface area (Å²) in [7, 11) is 0. The summed E-state index contributed by atoms with van der Waals surface area (Å²) in [6.07, 6.45) is -0.292. The van der Waals surface area contributed by atoms with Gasteiger partial charge in [0.2, 0.25) is 0 Å². The first kappa shape index (κ1) is 10.2. The Morgan fingerprint density at radius 3 is 2.81 bits per heavy atom. The van der Waals surface area contributed by atoms with Gasteiger partial charge in [0.1, 0.15) is 0 Å². The highest BCUT2D eigenvalue weighted by Gasteiger charge is 2.07. The third-order valence-corrected chi connectivity index (χ3v) is 2.29. The van der Waals surface area contributed by atoms with Crippen molar-refractivity contribution in [3.63, 3.8) is 0 Å². The van der Waals surface area contributed by atoms with Gasteiger partial charge in [-0.2, -0.15) is 0 Å². The number of pyridine rings is 1. The van der Waals surface area contributed by atoms with Crippen LogP contribution in [0.4, 0.5) is 5.69 Å². The molecule has 0 saturated carbocycles. The Morgan fingerprint density at radius 1 is 1.38 bits per heavy atom. The van der Waals surface area contributed by atoms with E-state index < -0.39 is 5.97 Å². The van der Waals surface area contributed by atoms with Gasteiger partial charge in [-0.3, -0.25) is 9.59 Å². The maximum atomic E-state index is 11.5. The van der Waals surface area contributed by atoms with E-state index in [-0.39, 0.29) is 17.5 Å². The van der Waals surface area contributed by atoms with Crippen LogP contribution in [0.3, 0.4) is 0 Å². The number of carbonyl (C=O) groups is 1. The standard InChI is InChI=1S/C11H10N2O3/c12-8-1-2-9-6(4-8)3-7(5-10(14)15)11(16)13-9/h1-4H,5,12H2,(H,13,16)(H,14,15). The van der Waals surface area contributed by atoms with Crippen molar-refractivity contribution in [3.8, 4) is 0 Å². The van der Waals surface area contributed by atoms with Crippen molar-refractivity contribution < 1.29 is 9.90 Å². The molecule has 0 bridgehead atoms. The maximum absolute atomic E-state index is 11.5. The fraction of sp³-hybridized carbons (Fsp3) is 0.0909. The number of carboxylic acids is 1. The predicted molar refractivity (Wildman–Crippen MR) is 60.3 cm³/mol. The molecular weight excluding hydrogens is 208 g/mol. The molecule has 0 saturated heterocycles. The van der Waals surface area contributed by atoms with Crippen molar-refractivity contribution >= 4 is 22.6 Å². The van der Waals surface area contributed by atoms with E-state index in [4.69, 9.17) is 10.8 Å². The number of benzene rings is 1. The summed E-state index contributed by atoms with van der Waals surface area (Å²) >= 11 is 0. The second kappa shape index (κ2) is 3.69. The second-order valence-electron chi connectivity index (χ2n) is 3.54. The van der Waals surface area contributed by atoms with Crippen LogP contribution in [0.5, 0.6) is 0 Å². The number of aliphatic carboxylic acids is 1. The van der Waals surface area contributed by atoms with Crippen LogP contribution in [-0.4, -0.2) is 16.1 Å². The summed E-state index contributed by atoms with van der Waals surface area (Å²) in [6.45, 7) is 0. The van der Waals surface area contributed by atoms with Gasteiger partial charge in [-0.25, -0.2) is 0 Å². The van der Waals surface area contributed by atoms with Crippen molar-refractivity contribution in [2.75, 3.05) is 5.73 Å². The van der Waals surface area contributed by atoms with E-state index in [0.29, 0.717) is 11.2 Å². The normalized spacial score (nSPS) is 10.5. The Balaban J connectivity index is 2.64. The van der Waals surface area contributed by atoms with Crippen LogP contribution in [0.2, 0.25) is 0 Å². The number of anilines is 1. The van der Waals surface area contributed by atoms with E-state index in [1.165, 1.54) is 0 Å². The quantitative estimate of drug-likeness (QED) is 0.647. The molecule has 1 aromatic carbocycles. The molecule has 0 amide bonds. The summed E-state index contributed by atoms with van der Waals surface area (Å²) in [6, 6.07) is 6.61. The minimum absolute atomic E-state index is 0.227. The van der Waals surface area contributed by atoms with Crippen LogP contribution in [0, 0.1) is 0 Å². The Labute approximate surface area is 90.5 Å². The number of rotatable bonds is 2. The SMILES string of the molecule is Nc1ccc2[nH]c(=O)c(CC(=O)O)cc2c1. The molecule has 0 radical (unpaired) electrons. The molecule has 0 fully saturated rings. The summed E-state index contributed by atoms with van der Waals surface area (Å²) in [5.41, 5.74) is 6.67. The largest absolute Gasteiger partial charge is 0.481 e. The number of carboxylic acid groups (broad SMARTS) is 1. The van der Waals surface area contributed by atoms with Gasteiger partial charge in [0, 0.05) is 22.2 Å². The van der Waals surface area contributed by atoms with Crippen LogP contribution in [0.25, 0.3) is 10.9 Å². The number of nitrogen functional groups attached to an aromatic ring is 1. The van der Waals surface area contributed by atoms with Gasteiger partial charge >= 0.3 is 5.97 Å². The third kappa shape index (κ3) is 1.88. The van der Waals surface area contributed by atoms with E-state index in [2.05, 4.69) is 4.98 Å². The Kier molecular flexibility index (Phi) is 2.36. The molecule has 0 spiro atoms. The number of nitrogens with two attached hydrogens (primary N) is 1. The number of aromatic amines is 1. The fourth-order valence-electron chi connectivity index (χ4n) is 1.56. The summed E-state index contributed by atoms with van der Waals surface area (Å²) < 4.78 is 0. The minimum Gasteiger partial charge on any atom is -0.481 e. The Hall–Kier alpha value is -2.30. The molecule has 0 atom stereocenters. The van der Waals surface area contributed by atoms with Gasteiger partial charge in [0.05, 0.1) is 6.42 Å². The monoisotopic (exact) mass is 218 g/mol. The van der Waals surface area contributed by atoms with E-state index in [9.17, 15) is 9.59 Å². The van der Waals surface area contributed by atoms with Gasteiger partial charge in [0.25, 0.3) is 5.56 Å². The van der Waals surface area contributed by atoms with Crippen LogP contribution >= 0.6 is 0 Å². The van der Waals surface area contributed by atoms with Crippen LogP contribution < -0.4 is 11.3 Å². The van der Waals surface area contributed by atoms with E-state index in [1.807, 2.05) is 0 Å². The van der Waals surface area contributed by atoms with Gasteiger partial charge < -0.3 is 15.8 Å². The number of nitrogens with one attached hydrogen (secondary N) is 1. The Morgan fingerprint density at radius 2 is 2.12 bits per heavy atom. The number of hydrogen-bond acceptors (Lipinski definition) is 3. The first-order valence-corrected chi connectivity index (χ1v) is 4.69. The minimum atomic E-state index is -1.03. The number of aromatic nitrogens is 1. The second-order valence-corrected chi connectivity index (χ2v) is 3.54. The average molecular weight is 218 g/mol. The molecule has 0 aliphatic carbocycles. The molecule has 5 heteroatoms. The molecule has 82 valence electrons.